The van der Waals surface area contributed by atoms with Gasteiger partial charge < -0.3 is 4.74 Å². The highest BCUT2D eigenvalue weighted by atomic mass is 19.3. The second-order valence-electron chi connectivity index (χ2n) is 4.44. The van der Waals surface area contributed by atoms with Gasteiger partial charge in [0.25, 0.3) is 5.92 Å². The largest absolute Gasteiger partial charge is 0.366 e. The molecule has 0 amide bonds. The molecule has 0 aromatic carbocycles. The van der Waals surface area contributed by atoms with Gasteiger partial charge in [0, 0.05) is 26.1 Å². The van der Waals surface area contributed by atoms with E-state index in [0.717, 1.165) is 13.5 Å². The maximum Gasteiger partial charge on any atom is 0.272 e. The van der Waals surface area contributed by atoms with Crippen molar-refractivity contribution >= 4 is 0 Å². The fourth-order valence-electron chi connectivity index (χ4n) is 1.69. The van der Waals surface area contributed by atoms with Crippen LogP contribution in [-0.4, -0.2) is 42.2 Å². The quantitative estimate of drug-likeness (QED) is 0.688. The van der Waals surface area contributed by atoms with E-state index in [1.54, 1.807) is 0 Å². The predicted molar refractivity (Wildman–Crippen MR) is 51.7 cm³/mol. The smallest absolute Gasteiger partial charge is 0.272 e. The first kappa shape index (κ1) is 11.9. The first-order valence-corrected chi connectivity index (χ1v) is 5.08. The number of halogens is 2. The van der Waals surface area contributed by atoms with Crippen molar-refractivity contribution in [1.82, 2.24) is 4.90 Å². The summed E-state index contributed by atoms with van der Waals surface area (Å²) in [6.45, 7) is 7.86. The molecule has 0 spiro atoms. The van der Waals surface area contributed by atoms with E-state index in [9.17, 15) is 8.78 Å². The van der Waals surface area contributed by atoms with Crippen LogP contribution in [0.25, 0.3) is 0 Å². The summed E-state index contributed by atoms with van der Waals surface area (Å²) < 4.78 is 31.4. The van der Waals surface area contributed by atoms with Gasteiger partial charge in [-0.3, -0.25) is 4.90 Å². The van der Waals surface area contributed by atoms with Crippen molar-refractivity contribution in [3.05, 3.63) is 0 Å². The monoisotopic (exact) mass is 207 g/mol. The Hall–Kier alpha value is -0.220. The van der Waals surface area contributed by atoms with Crippen molar-refractivity contribution in [1.29, 1.82) is 0 Å². The summed E-state index contributed by atoms with van der Waals surface area (Å²) in [5.74, 6) is -2.75. The highest BCUT2D eigenvalue weighted by Crippen LogP contribution is 2.26. The number of rotatable bonds is 2. The molecule has 4 heteroatoms. The maximum absolute atomic E-state index is 13.1. The molecule has 1 heterocycles. The molecule has 0 unspecified atom stereocenters. The molecule has 1 fully saturated rings. The minimum atomic E-state index is -2.75. The molecule has 0 saturated carbocycles. The second kappa shape index (κ2) is 4.11. The van der Waals surface area contributed by atoms with Gasteiger partial charge in [-0.1, -0.05) is 0 Å². The number of hydrogen-bond donors (Lipinski definition) is 0. The molecule has 0 aromatic heterocycles. The minimum absolute atomic E-state index is 0.109. The molecule has 0 N–H and O–H groups in total. The third-order valence-corrected chi connectivity index (χ3v) is 2.58. The molecule has 1 saturated heterocycles. The molecule has 0 aliphatic carbocycles. The van der Waals surface area contributed by atoms with Gasteiger partial charge in [-0.2, -0.15) is 0 Å². The first-order chi connectivity index (χ1) is 6.30. The zero-order valence-electron chi connectivity index (χ0n) is 9.26. The Kier molecular flexibility index (Phi) is 3.48. The van der Waals surface area contributed by atoms with Crippen molar-refractivity contribution in [2.75, 3.05) is 13.1 Å². The lowest BCUT2D eigenvalue weighted by Crippen LogP contribution is -2.54. The lowest BCUT2D eigenvalue weighted by molar-refractivity contribution is -0.184. The Bertz CT molecular complexity index is 191. The Morgan fingerprint density at radius 3 is 2.36 bits per heavy atom. The highest BCUT2D eigenvalue weighted by Gasteiger charge is 2.40. The number of hydrogen-bond acceptors (Lipinski definition) is 2. The molecule has 0 radical (unpaired) electrons. The molecule has 2 nitrogen and oxygen atoms in total. The van der Waals surface area contributed by atoms with E-state index in [1.165, 1.54) is 0 Å². The molecule has 1 aliphatic heterocycles. The second-order valence-corrected chi connectivity index (χ2v) is 4.44. The number of alkyl halides is 2. The molecule has 84 valence electrons. The number of nitrogens with zero attached hydrogens (tertiary/aromatic N) is 1. The normalized spacial score (nSPS) is 31.1. The molecular weight excluding hydrogens is 188 g/mol. The summed E-state index contributed by atoms with van der Waals surface area (Å²) >= 11 is 0. The van der Waals surface area contributed by atoms with Crippen LogP contribution in [0.3, 0.4) is 0 Å². The van der Waals surface area contributed by atoms with Crippen LogP contribution in [0.1, 0.15) is 27.7 Å². The van der Waals surface area contributed by atoms with Gasteiger partial charge in [0.1, 0.15) is 6.10 Å². The van der Waals surface area contributed by atoms with Gasteiger partial charge in [0.2, 0.25) is 0 Å². The summed E-state index contributed by atoms with van der Waals surface area (Å²) in [4.78, 5) is 2.04. The average Bonchev–Trinajstić information content (AvgIpc) is 2.01. The van der Waals surface area contributed by atoms with Crippen molar-refractivity contribution in [2.24, 2.45) is 0 Å². The van der Waals surface area contributed by atoms with Crippen LogP contribution in [0.5, 0.6) is 0 Å². The maximum atomic E-state index is 13.1. The van der Waals surface area contributed by atoms with Gasteiger partial charge in [0.05, 0.1) is 6.10 Å². The van der Waals surface area contributed by atoms with E-state index in [-0.39, 0.29) is 6.10 Å². The zero-order chi connectivity index (χ0) is 10.9. The lowest BCUT2D eigenvalue weighted by atomic mass is 10.1. The minimum Gasteiger partial charge on any atom is -0.366 e. The molecule has 1 rings (SSSR count). The van der Waals surface area contributed by atoms with Gasteiger partial charge in [0.15, 0.2) is 0 Å². The third-order valence-electron chi connectivity index (χ3n) is 2.58. The molecule has 0 aromatic rings. The van der Waals surface area contributed by atoms with Crippen LogP contribution in [-0.2, 0) is 4.74 Å². The van der Waals surface area contributed by atoms with E-state index in [4.69, 9.17) is 4.74 Å². The van der Waals surface area contributed by atoms with E-state index < -0.39 is 12.0 Å². The Balaban J connectivity index is 2.63. The first-order valence-electron chi connectivity index (χ1n) is 5.08. The zero-order valence-corrected chi connectivity index (χ0v) is 9.26. The van der Waals surface area contributed by atoms with Gasteiger partial charge in [-0.25, -0.2) is 8.78 Å². The van der Waals surface area contributed by atoms with Crippen molar-refractivity contribution in [3.8, 4) is 0 Å². The fraction of sp³-hybridized carbons (Fsp3) is 1.00. The molecule has 14 heavy (non-hydrogen) atoms. The number of ether oxygens (including phenoxy) is 1. The fourth-order valence-corrected chi connectivity index (χ4v) is 1.69. The average molecular weight is 207 g/mol. The summed E-state index contributed by atoms with van der Waals surface area (Å²) in [6, 6.07) is 0.297. The Labute approximate surface area is 84.2 Å². The Morgan fingerprint density at radius 1 is 1.36 bits per heavy atom. The summed E-state index contributed by atoms with van der Waals surface area (Å²) in [5.41, 5.74) is 0. The lowest BCUT2D eigenvalue weighted by Gasteiger charge is -2.40. The van der Waals surface area contributed by atoms with E-state index >= 15 is 0 Å². The summed E-state index contributed by atoms with van der Waals surface area (Å²) in [7, 11) is 0. The number of morpholine rings is 1. The molecule has 0 bridgehead atoms. The molecule has 2 atom stereocenters. The summed E-state index contributed by atoms with van der Waals surface area (Å²) in [5, 5.41) is 0. The molecule has 1 aliphatic rings. The van der Waals surface area contributed by atoms with Crippen LogP contribution >= 0.6 is 0 Å². The highest BCUT2D eigenvalue weighted by molar-refractivity contribution is 4.84. The van der Waals surface area contributed by atoms with Crippen LogP contribution in [0.15, 0.2) is 0 Å². The van der Waals surface area contributed by atoms with Crippen LogP contribution in [0.4, 0.5) is 8.78 Å². The predicted octanol–water partition coefficient (Wildman–Crippen LogP) is 2.14. The van der Waals surface area contributed by atoms with Crippen LogP contribution in [0.2, 0.25) is 0 Å². The molecular formula is C10H19F2NO. The van der Waals surface area contributed by atoms with Crippen LogP contribution < -0.4 is 0 Å². The van der Waals surface area contributed by atoms with Gasteiger partial charge >= 0.3 is 0 Å². The van der Waals surface area contributed by atoms with Crippen molar-refractivity contribution in [3.63, 3.8) is 0 Å². The van der Waals surface area contributed by atoms with Crippen molar-refractivity contribution < 1.29 is 13.5 Å². The SMILES string of the molecule is CC(C)N1C[C@@H](C)O[C@@H](C(C)(F)F)C1. The van der Waals surface area contributed by atoms with E-state index in [1.807, 2.05) is 25.7 Å². The van der Waals surface area contributed by atoms with Crippen LogP contribution in [0, 0.1) is 0 Å². The van der Waals surface area contributed by atoms with Gasteiger partial charge in [-0.15, -0.1) is 0 Å². The Morgan fingerprint density at radius 2 is 1.93 bits per heavy atom. The summed E-state index contributed by atoms with van der Waals surface area (Å²) in [6.07, 6.45) is -1.07. The third kappa shape index (κ3) is 2.89. The van der Waals surface area contributed by atoms with E-state index in [0.29, 0.717) is 12.6 Å². The standard InChI is InChI=1S/C10H19F2NO/c1-7(2)13-5-8(3)14-9(6-13)10(4,11)12/h7-9H,5-6H2,1-4H3/t8-,9-/m1/s1. The van der Waals surface area contributed by atoms with E-state index in [2.05, 4.69) is 0 Å². The van der Waals surface area contributed by atoms with Crippen molar-refractivity contribution in [2.45, 2.75) is 51.9 Å². The topological polar surface area (TPSA) is 12.5 Å². The van der Waals surface area contributed by atoms with Gasteiger partial charge in [-0.05, 0) is 20.8 Å².